The molecule has 0 heterocycles. The molecule has 0 saturated heterocycles. The number of urea groups is 1. The summed E-state index contributed by atoms with van der Waals surface area (Å²) in [7, 11) is 2.08. The number of aliphatic hydroxyl groups excluding tert-OH is 1. The van der Waals surface area contributed by atoms with Crippen LogP contribution >= 0.6 is 0 Å². The summed E-state index contributed by atoms with van der Waals surface area (Å²) in [6, 6.07) is 10.0. The van der Waals surface area contributed by atoms with Gasteiger partial charge < -0.3 is 20.6 Å². The van der Waals surface area contributed by atoms with Crippen molar-refractivity contribution < 1.29 is 9.90 Å². The summed E-state index contributed by atoms with van der Waals surface area (Å²) in [6.45, 7) is 1.63. The highest BCUT2D eigenvalue weighted by atomic mass is 16.3. The maximum Gasteiger partial charge on any atom is 0.315 e. The van der Waals surface area contributed by atoms with Crippen LogP contribution in [0.3, 0.4) is 0 Å². The van der Waals surface area contributed by atoms with Crippen molar-refractivity contribution in [3.63, 3.8) is 0 Å². The molecule has 2 rings (SSSR count). The van der Waals surface area contributed by atoms with Gasteiger partial charge in [0.05, 0.1) is 12.1 Å². The zero-order valence-corrected chi connectivity index (χ0v) is 14.0. The van der Waals surface area contributed by atoms with Crippen LogP contribution in [-0.2, 0) is 0 Å². The summed E-state index contributed by atoms with van der Waals surface area (Å²) in [5.41, 5.74) is 1.21. The Morgan fingerprint density at radius 3 is 2.70 bits per heavy atom. The van der Waals surface area contributed by atoms with Crippen LogP contribution in [-0.4, -0.2) is 43.4 Å². The second-order valence-corrected chi connectivity index (χ2v) is 6.32. The third-order valence-electron chi connectivity index (χ3n) is 4.45. The lowest BCUT2D eigenvalue weighted by Crippen LogP contribution is -2.49. The minimum absolute atomic E-state index is 0.0898. The van der Waals surface area contributed by atoms with E-state index in [9.17, 15) is 9.90 Å². The first-order valence-electron chi connectivity index (χ1n) is 8.65. The van der Waals surface area contributed by atoms with Gasteiger partial charge in [0.15, 0.2) is 0 Å². The van der Waals surface area contributed by atoms with E-state index >= 15 is 0 Å². The lowest BCUT2D eigenvalue weighted by Gasteiger charge is -2.28. The number of hydrogen-bond donors (Lipinski definition) is 3. The number of amides is 2. The van der Waals surface area contributed by atoms with Gasteiger partial charge in [-0.15, -0.1) is 0 Å². The van der Waals surface area contributed by atoms with E-state index in [4.69, 9.17) is 0 Å². The molecular formula is C18H29N3O2. The number of hydrogen-bond acceptors (Lipinski definition) is 3. The molecule has 5 heteroatoms. The molecule has 1 fully saturated rings. The largest absolute Gasteiger partial charge is 0.391 e. The number of nitrogens with one attached hydrogen (secondary N) is 2. The van der Waals surface area contributed by atoms with E-state index in [0.717, 1.165) is 45.1 Å². The number of benzene rings is 1. The summed E-state index contributed by atoms with van der Waals surface area (Å²) in [6.07, 6.45) is 5.36. The Morgan fingerprint density at radius 2 is 1.96 bits per heavy atom. The highest BCUT2D eigenvalue weighted by Gasteiger charge is 2.24. The van der Waals surface area contributed by atoms with Crippen LogP contribution in [0.25, 0.3) is 0 Å². The Kier molecular flexibility index (Phi) is 7.20. The van der Waals surface area contributed by atoms with Gasteiger partial charge in [-0.25, -0.2) is 4.79 Å². The predicted octanol–water partition coefficient (Wildman–Crippen LogP) is 2.51. The zero-order valence-electron chi connectivity index (χ0n) is 14.0. The molecule has 0 aliphatic heterocycles. The first-order valence-corrected chi connectivity index (χ1v) is 8.65. The van der Waals surface area contributed by atoms with Crippen LogP contribution in [0.1, 0.15) is 38.5 Å². The van der Waals surface area contributed by atoms with Crippen molar-refractivity contribution in [1.29, 1.82) is 0 Å². The third-order valence-corrected chi connectivity index (χ3v) is 4.45. The SMILES string of the molecule is CN(CCCCNC(=O)NC1CCCCC1O)c1ccccc1. The first kappa shape index (κ1) is 17.6. The van der Waals surface area contributed by atoms with Crippen molar-refractivity contribution in [3.8, 4) is 0 Å². The van der Waals surface area contributed by atoms with E-state index in [1.807, 2.05) is 18.2 Å². The van der Waals surface area contributed by atoms with Gasteiger partial charge in [-0.1, -0.05) is 31.0 Å². The molecule has 1 aliphatic rings. The fourth-order valence-electron chi connectivity index (χ4n) is 2.99. The van der Waals surface area contributed by atoms with Crippen LogP contribution < -0.4 is 15.5 Å². The Balaban J connectivity index is 1.55. The number of anilines is 1. The van der Waals surface area contributed by atoms with Crippen molar-refractivity contribution in [2.75, 3.05) is 25.0 Å². The van der Waals surface area contributed by atoms with E-state index in [1.54, 1.807) is 0 Å². The highest BCUT2D eigenvalue weighted by Crippen LogP contribution is 2.18. The summed E-state index contributed by atoms with van der Waals surface area (Å²) >= 11 is 0. The van der Waals surface area contributed by atoms with Gasteiger partial charge in [0.2, 0.25) is 0 Å². The first-order chi connectivity index (χ1) is 11.2. The van der Waals surface area contributed by atoms with Gasteiger partial charge in [-0.2, -0.15) is 0 Å². The molecule has 128 valence electrons. The van der Waals surface area contributed by atoms with E-state index in [0.29, 0.717) is 6.54 Å². The van der Waals surface area contributed by atoms with Crippen LogP contribution in [0.15, 0.2) is 30.3 Å². The molecule has 0 radical (unpaired) electrons. The van der Waals surface area contributed by atoms with Crippen molar-refractivity contribution in [1.82, 2.24) is 10.6 Å². The number of unbranched alkanes of at least 4 members (excludes halogenated alkanes) is 1. The second kappa shape index (κ2) is 9.40. The molecule has 0 aromatic heterocycles. The molecule has 0 spiro atoms. The fraction of sp³-hybridized carbons (Fsp3) is 0.611. The second-order valence-electron chi connectivity index (χ2n) is 6.32. The lowest BCUT2D eigenvalue weighted by atomic mass is 9.93. The number of carbonyl (C=O) groups excluding carboxylic acids is 1. The van der Waals surface area contributed by atoms with Gasteiger partial charge in [0.25, 0.3) is 0 Å². The predicted molar refractivity (Wildman–Crippen MR) is 93.7 cm³/mol. The fourth-order valence-corrected chi connectivity index (χ4v) is 2.99. The average molecular weight is 319 g/mol. The van der Waals surface area contributed by atoms with E-state index in [1.165, 1.54) is 5.69 Å². The molecule has 23 heavy (non-hydrogen) atoms. The number of para-hydroxylation sites is 1. The summed E-state index contributed by atoms with van der Waals surface area (Å²) in [5, 5.41) is 15.6. The molecule has 1 aliphatic carbocycles. The van der Waals surface area contributed by atoms with Gasteiger partial charge >= 0.3 is 6.03 Å². The maximum atomic E-state index is 11.8. The molecule has 2 unspecified atom stereocenters. The smallest absolute Gasteiger partial charge is 0.315 e. The molecule has 3 N–H and O–H groups in total. The summed E-state index contributed by atoms with van der Waals surface area (Å²) in [5.74, 6) is 0. The highest BCUT2D eigenvalue weighted by molar-refractivity contribution is 5.74. The molecular weight excluding hydrogens is 290 g/mol. The Bertz CT molecular complexity index is 467. The molecule has 1 aromatic carbocycles. The Labute approximate surface area is 139 Å². The topological polar surface area (TPSA) is 64.6 Å². The van der Waals surface area contributed by atoms with Gasteiger partial charge in [0.1, 0.15) is 0 Å². The minimum Gasteiger partial charge on any atom is -0.391 e. The van der Waals surface area contributed by atoms with Gasteiger partial charge in [-0.3, -0.25) is 0 Å². The summed E-state index contributed by atoms with van der Waals surface area (Å²) in [4.78, 5) is 14.1. The number of nitrogens with zero attached hydrogens (tertiary/aromatic N) is 1. The molecule has 2 amide bonds. The number of aliphatic hydroxyl groups is 1. The Hall–Kier alpha value is -1.75. The van der Waals surface area contributed by atoms with E-state index in [-0.39, 0.29) is 12.1 Å². The molecule has 1 aromatic rings. The molecule has 1 saturated carbocycles. The van der Waals surface area contributed by atoms with Crippen LogP contribution in [0.2, 0.25) is 0 Å². The minimum atomic E-state index is -0.394. The maximum absolute atomic E-state index is 11.8. The molecule has 0 bridgehead atoms. The monoisotopic (exact) mass is 319 g/mol. The molecule has 5 nitrogen and oxygen atoms in total. The van der Waals surface area contributed by atoms with E-state index < -0.39 is 6.10 Å². The van der Waals surface area contributed by atoms with Crippen LogP contribution in [0, 0.1) is 0 Å². The van der Waals surface area contributed by atoms with Crippen LogP contribution in [0.5, 0.6) is 0 Å². The number of carbonyl (C=O) groups is 1. The quantitative estimate of drug-likeness (QED) is 0.677. The van der Waals surface area contributed by atoms with Crippen LogP contribution in [0.4, 0.5) is 10.5 Å². The van der Waals surface area contributed by atoms with Gasteiger partial charge in [-0.05, 0) is 37.8 Å². The zero-order chi connectivity index (χ0) is 16.5. The third kappa shape index (κ3) is 6.10. The van der Waals surface area contributed by atoms with Crippen molar-refractivity contribution in [2.45, 2.75) is 50.7 Å². The standard InChI is InChI=1S/C18H29N3O2/c1-21(15-9-3-2-4-10-15)14-8-7-13-19-18(23)20-16-11-5-6-12-17(16)22/h2-4,9-10,16-17,22H,5-8,11-14H2,1H3,(H2,19,20,23). The van der Waals surface area contributed by atoms with Crippen molar-refractivity contribution in [2.24, 2.45) is 0 Å². The lowest BCUT2D eigenvalue weighted by molar-refractivity contribution is 0.0943. The number of rotatable bonds is 7. The molecule has 2 atom stereocenters. The summed E-state index contributed by atoms with van der Waals surface area (Å²) < 4.78 is 0. The Morgan fingerprint density at radius 1 is 1.22 bits per heavy atom. The average Bonchev–Trinajstić information content (AvgIpc) is 2.57. The van der Waals surface area contributed by atoms with Gasteiger partial charge in [0, 0.05) is 25.8 Å². The normalized spacial score (nSPS) is 20.8. The van der Waals surface area contributed by atoms with E-state index in [2.05, 4.69) is 34.7 Å². The van der Waals surface area contributed by atoms with Crippen molar-refractivity contribution >= 4 is 11.7 Å². The van der Waals surface area contributed by atoms with Crippen molar-refractivity contribution in [3.05, 3.63) is 30.3 Å².